The second-order valence-corrected chi connectivity index (χ2v) is 6.19. The molecular weight excluding hydrogens is 374 g/mol. The van der Waals surface area contributed by atoms with Crippen LogP contribution in [0.1, 0.15) is 6.92 Å². The molecule has 1 unspecified atom stereocenters. The summed E-state index contributed by atoms with van der Waals surface area (Å²) in [7, 11) is 3.31. The topological polar surface area (TPSA) is 110 Å². The molecule has 0 aliphatic heterocycles. The highest BCUT2D eigenvalue weighted by molar-refractivity contribution is 5.79. The van der Waals surface area contributed by atoms with Crippen molar-refractivity contribution < 1.29 is 14.4 Å². The van der Waals surface area contributed by atoms with Crippen LogP contribution >= 0.6 is 0 Å². The Balaban J connectivity index is 1.70. The van der Waals surface area contributed by atoms with Gasteiger partial charge in [-0.05, 0) is 31.2 Å². The number of nitrogens with zero attached hydrogens (tertiary/aromatic N) is 2. The van der Waals surface area contributed by atoms with Crippen LogP contribution in [0.5, 0.6) is 11.5 Å². The zero-order valence-corrected chi connectivity index (χ0v) is 16.8. The summed E-state index contributed by atoms with van der Waals surface area (Å²) in [5.74, 6) is 2.05. The molecule has 0 fully saturated rings. The molecule has 0 radical (unpaired) electrons. The van der Waals surface area contributed by atoms with Crippen LogP contribution in [0.3, 0.4) is 0 Å². The first-order valence-corrected chi connectivity index (χ1v) is 9.26. The highest BCUT2D eigenvalue weighted by Crippen LogP contribution is 2.26. The molecule has 156 valence electrons. The SMILES string of the molecule is CN=C(NCCNc1ccc([N+](=O)[O-])cc1)NCC(C)Oc1ccccc1OC. The van der Waals surface area contributed by atoms with Crippen LogP contribution in [0.15, 0.2) is 53.5 Å². The Hall–Kier alpha value is -3.49. The van der Waals surface area contributed by atoms with Gasteiger partial charge in [0.2, 0.25) is 0 Å². The predicted molar refractivity (Wildman–Crippen MR) is 114 cm³/mol. The van der Waals surface area contributed by atoms with Crippen molar-refractivity contribution in [2.24, 2.45) is 4.99 Å². The maximum Gasteiger partial charge on any atom is 0.269 e. The number of hydrogen-bond acceptors (Lipinski definition) is 6. The fraction of sp³-hybridized carbons (Fsp3) is 0.350. The average Bonchev–Trinajstić information content (AvgIpc) is 2.74. The molecule has 0 aliphatic rings. The Kier molecular flexibility index (Phi) is 8.55. The van der Waals surface area contributed by atoms with Gasteiger partial charge in [-0.1, -0.05) is 12.1 Å². The lowest BCUT2D eigenvalue weighted by Gasteiger charge is -2.19. The number of guanidine groups is 1. The number of para-hydroxylation sites is 2. The van der Waals surface area contributed by atoms with E-state index < -0.39 is 4.92 Å². The van der Waals surface area contributed by atoms with Crippen molar-refractivity contribution in [2.45, 2.75) is 13.0 Å². The van der Waals surface area contributed by atoms with Crippen LogP contribution in [0, 0.1) is 10.1 Å². The van der Waals surface area contributed by atoms with Crippen molar-refractivity contribution in [3.8, 4) is 11.5 Å². The van der Waals surface area contributed by atoms with Gasteiger partial charge >= 0.3 is 0 Å². The highest BCUT2D eigenvalue weighted by Gasteiger charge is 2.09. The minimum absolute atomic E-state index is 0.0720. The van der Waals surface area contributed by atoms with Crippen molar-refractivity contribution in [2.75, 3.05) is 39.1 Å². The van der Waals surface area contributed by atoms with Gasteiger partial charge in [0.15, 0.2) is 17.5 Å². The Morgan fingerprint density at radius 2 is 1.79 bits per heavy atom. The number of methoxy groups -OCH3 is 1. The van der Waals surface area contributed by atoms with E-state index in [-0.39, 0.29) is 11.8 Å². The first-order chi connectivity index (χ1) is 14.0. The summed E-state index contributed by atoms with van der Waals surface area (Å²) in [5, 5.41) is 20.3. The number of benzene rings is 2. The number of anilines is 1. The molecule has 1 atom stereocenters. The molecule has 0 amide bonds. The van der Waals surface area contributed by atoms with E-state index in [9.17, 15) is 10.1 Å². The Labute approximate surface area is 170 Å². The smallest absolute Gasteiger partial charge is 0.269 e. The van der Waals surface area contributed by atoms with E-state index in [1.165, 1.54) is 12.1 Å². The highest BCUT2D eigenvalue weighted by atomic mass is 16.6. The van der Waals surface area contributed by atoms with E-state index in [0.717, 1.165) is 5.69 Å². The van der Waals surface area contributed by atoms with Gasteiger partial charge in [0, 0.05) is 38.0 Å². The lowest BCUT2D eigenvalue weighted by atomic mass is 10.3. The van der Waals surface area contributed by atoms with Crippen molar-refractivity contribution in [3.63, 3.8) is 0 Å². The fourth-order valence-electron chi connectivity index (χ4n) is 2.52. The molecule has 0 bridgehead atoms. The molecule has 0 heterocycles. The van der Waals surface area contributed by atoms with E-state index in [1.54, 1.807) is 26.3 Å². The summed E-state index contributed by atoms with van der Waals surface area (Å²) in [6.07, 6.45) is -0.0944. The lowest BCUT2D eigenvalue weighted by Crippen LogP contribution is -2.43. The van der Waals surface area contributed by atoms with Crippen molar-refractivity contribution in [1.29, 1.82) is 0 Å². The first-order valence-electron chi connectivity index (χ1n) is 9.26. The van der Waals surface area contributed by atoms with Crippen LogP contribution in [-0.2, 0) is 0 Å². The van der Waals surface area contributed by atoms with E-state index in [1.807, 2.05) is 31.2 Å². The summed E-state index contributed by atoms with van der Waals surface area (Å²) in [5.41, 5.74) is 0.891. The van der Waals surface area contributed by atoms with Crippen molar-refractivity contribution in [1.82, 2.24) is 10.6 Å². The predicted octanol–water partition coefficient (Wildman–Crippen LogP) is 2.65. The lowest BCUT2D eigenvalue weighted by molar-refractivity contribution is -0.384. The minimum atomic E-state index is -0.417. The number of aliphatic imine (C=N–C) groups is 1. The van der Waals surface area contributed by atoms with Crippen molar-refractivity contribution >= 4 is 17.3 Å². The third kappa shape index (κ3) is 7.21. The van der Waals surface area contributed by atoms with Crippen LogP contribution in [-0.4, -0.2) is 50.8 Å². The van der Waals surface area contributed by atoms with Crippen LogP contribution in [0.2, 0.25) is 0 Å². The van der Waals surface area contributed by atoms with E-state index >= 15 is 0 Å². The minimum Gasteiger partial charge on any atom is -0.493 e. The standard InChI is InChI=1S/C20H27N5O4/c1-15(29-19-7-5-4-6-18(19)28-3)14-24-20(21-2)23-13-12-22-16-8-10-17(11-9-16)25(26)27/h4-11,15,22H,12-14H2,1-3H3,(H2,21,23,24). The molecule has 29 heavy (non-hydrogen) atoms. The molecule has 2 aromatic carbocycles. The second-order valence-electron chi connectivity index (χ2n) is 6.19. The molecule has 2 aromatic rings. The molecule has 0 saturated heterocycles. The zero-order chi connectivity index (χ0) is 21.1. The Morgan fingerprint density at radius 3 is 2.41 bits per heavy atom. The van der Waals surface area contributed by atoms with E-state index in [2.05, 4.69) is 20.9 Å². The van der Waals surface area contributed by atoms with Crippen LogP contribution in [0.25, 0.3) is 0 Å². The fourth-order valence-corrected chi connectivity index (χ4v) is 2.52. The summed E-state index contributed by atoms with van der Waals surface area (Å²) in [6.45, 7) is 3.78. The van der Waals surface area contributed by atoms with Gasteiger partial charge in [-0.3, -0.25) is 15.1 Å². The number of rotatable bonds is 10. The molecule has 0 aliphatic carbocycles. The van der Waals surface area contributed by atoms with Crippen LogP contribution in [0.4, 0.5) is 11.4 Å². The molecular formula is C20H27N5O4. The molecule has 0 aromatic heterocycles. The van der Waals surface area contributed by atoms with Gasteiger partial charge in [0.1, 0.15) is 6.10 Å². The molecule has 3 N–H and O–H groups in total. The number of nitro groups is 1. The van der Waals surface area contributed by atoms with Gasteiger partial charge in [-0.25, -0.2) is 0 Å². The summed E-state index contributed by atoms with van der Waals surface area (Å²) < 4.78 is 11.2. The molecule has 2 rings (SSSR count). The van der Waals surface area contributed by atoms with Gasteiger partial charge in [0.25, 0.3) is 5.69 Å². The third-order valence-corrected chi connectivity index (χ3v) is 4.00. The van der Waals surface area contributed by atoms with Gasteiger partial charge in [0.05, 0.1) is 18.6 Å². The maximum absolute atomic E-state index is 10.7. The normalized spacial score (nSPS) is 12.0. The van der Waals surface area contributed by atoms with Crippen molar-refractivity contribution in [3.05, 3.63) is 58.6 Å². The van der Waals surface area contributed by atoms with E-state index in [0.29, 0.717) is 37.1 Å². The number of ether oxygens (including phenoxy) is 2. The Morgan fingerprint density at radius 1 is 1.10 bits per heavy atom. The molecule has 9 nitrogen and oxygen atoms in total. The second kappa shape index (κ2) is 11.4. The maximum atomic E-state index is 10.7. The summed E-state index contributed by atoms with van der Waals surface area (Å²) >= 11 is 0. The first kappa shape index (κ1) is 21.8. The van der Waals surface area contributed by atoms with Gasteiger partial charge in [-0.2, -0.15) is 0 Å². The molecule has 0 saturated carbocycles. The largest absolute Gasteiger partial charge is 0.493 e. The third-order valence-electron chi connectivity index (χ3n) is 4.00. The summed E-state index contributed by atoms with van der Waals surface area (Å²) in [6, 6.07) is 13.8. The van der Waals surface area contributed by atoms with Crippen LogP contribution < -0.4 is 25.4 Å². The molecule has 0 spiro atoms. The van der Waals surface area contributed by atoms with E-state index in [4.69, 9.17) is 9.47 Å². The number of nitro benzene ring substituents is 1. The number of non-ortho nitro benzene ring substituents is 1. The number of nitrogens with one attached hydrogen (secondary N) is 3. The average molecular weight is 401 g/mol. The summed E-state index contributed by atoms with van der Waals surface area (Å²) in [4.78, 5) is 14.4. The van der Waals surface area contributed by atoms with Gasteiger partial charge < -0.3 is 25.4 Å². The quantitative estimate of drug-likeness (QED) is 0.185. The molecule has 9 heteroatoms. The van der Waals surface area contributed by atoms with Gasteiger partial charge in [-0.15, -0.1) is 0 Å². The zero-order valence-electron chi connectivity index (χ0n) is 16.8. The number of hydrogen-bond donors (Lipinski definition) is 3. The monoisotopic (exact) mass is 401 g/mol. The Bertz CT molecular complexity index is 811.